The van der Waals surface area contributed by atoms with Crippen molar-refractivity contribution >= 4 is 12.9 Å². The number of halogens is 3. The zero-order valence-corrected chi connectivity index (χ0v) is 7.79. The van der Waals surface area contributed by atoms with Gasteiger partial charge in [0.05, 0.1) is 0 Å². The molecule has 1 rings (SSSR count). The maximum atomic E-state index is 12.1. The molecule has 1 heterocycles. The Labute approximate surface area is 79.9 Å². The van der Waals surface area contributed by atoms with Crippen molar-refractivity contribution in [3.63, 3.8) is 0 Å². The average Bonchev–Trinajstić information content (AvgIpc) is 2.29. The second kappa shape index (κ2) is 3.80. The van der Waals surface area contributed by atoms with E-state index < -0.39 is 25.4 Å². The van der Waals surface area contributed by atoms with E-state index in [-0.39, 0.29) is 6.04 Å². The van der Waals surface area contributed by atoms with Crippen molar-refractivity contribution in [1.82, 2.24) is 4.90 Å². The van der Waals surface area contributed by atoms with Crippen LogP contribution in [0, 0.1) is 0 Å². The lowest BCUT2D eigenvalue weighted by Crippen LogP contribution is -2.47. The van der Waals surface area contributed by atoms with Crippen molar-refractivity contribution in [3.05, 3.63) is 0 Å². The number of carbonyl (C=O) groups is 1. The molecule has 14 heavy (non-hydrogen) atoms. The minimum absolute atomic E-state index is 0.292. The lowest BCUT2D eigenvalue weighted by atomic mass is 9.90. The zero-order chi connectivity index (χ0) is 10.9. The van der Waals surface area contributed by atoms with Crippen molar-refractivity contribution in [2.75, 3.05) is 6.44 Å². The standard InChI is InChI=1S/C7H12BF3NO2/c1-5-2-3-6(7(13)14)12(5)4-8(9,10)11/h5-6H,2-4H2,1H3,(H,13,14)/q-1. The van der Waals surface area contributed by atoms with Crippen molar-refractivity contribution in [2.24, 2.45) is 0 Å². The smallest absolute Gasteiger partial charge is 0.480 e. The van der Waals surface area contributed by atoms with Crippen molar-refractivity contribution in [1.29, 1.82) is 0 Å². The van der Waals surface area contributed by atoms with E-state index in [4.69, 9.17) is 5.11 Å². The van der Waals surface area contributed by atoms with Crippen LogP contribution in [0.3, 0.4) is 0 Å². The molecule has 1 aliphatic rings. The molecule has 0 aliphatic carbocycles. The van der Waals surface area contributed by atoms with Gasteiger partial charge >= 0.3 is 12.9 Å². The Morgan fingerprint density at radius 1 is 1.50 bits per heavy atom. The Balaban J connectivity index is 2.67. The number of likely N-dealkylation sites (tertiary alicyclic amines) is 1. The first kappa shape index (κ1) is 11.4. The maximum Gasteiger partial charge on any atom is 0.492 e. The average molecular weight is 210 g/mol. The van der Waals surface area contributed by atoms with Gasteiger partial charge in [-0.3, -0.25) is 4.79 Å². The monoisotopic (exact) mass is 210 g/mol. The number of nitrogens with zero attached hydrogens (tertiary/aromatic N) is 1. The third kappa shape index (κ3) is 2.63. The summed E-state index contributed by atoms with van der Waals surface area (Å²) < 4.78 is 36.4. The van der Waals surface area contributed by atoms with E-state index in [1.165, 1.54) is 0 Å². The van der Waals surface area contributed by atoms with Crippen molar-refractivity contribution < 1.29 is 22.8 Å². The molecule has 1 N–H and O–H groups in total. The van der Waals surface area contributed by atoms with Gasteiger partial charge in [-0.1, -0.05) is 0 Å². The summed E-state index contributed by atoms with van der Waals surface area (Å²) in [7, 11) is 0. The van der Waals surface area contributed by atoms with Crippen LogP contribution in [0.4, 0.5) is 12.9 Å². The fourth-order valence-electron chi connectivity index (χ4n) is 1.85. The number of hydrogen-bond donors (Lipinski definition) is 1. The minimum Gasteiger partial charge on any atom is -0.480 e. The second-order valence-corrected chi connectivity index (χ2v) is 3.69. The van der Waals surface area contributed by atoms with E-state index in [9.17, 15) is 17.7 Å². The lowest BCUT2D eigenvalue weighted by molar-refractivity contribution is -0.142. The summed E-state index contributed by atoms with van der Waals surface area (Å²) in [6.07, 6.45) is -0.246. The van der Waals surface area contributed by atoms with Crippen LogP contribution in [0.25, 0.3) is 0 Å². The van der Waals surface area contributed by atoms with E-state index >= 15 is 0 Å². The van der Waals surface area contributed by atoms with Gasteiger partial charge in [0, 0.05) is 6.04 Å². The molecule has 1 fully saturated rings. The van der Waals surface area contributed by atoms with Crippen molar-refractivity contribution in [3.8, 4) is 0 Å². The molecule has 1 aliphatic heterocycles. The molecule has 0 aromatic heterocycles. The highest BCUT2D eigenvalue weighted by molar-refractivity contribution is 6.58. The van der Waals surface area contributed by atoms with Crippen molar-refractivity contribution in [2.45, 2.75) is 31.8 Å². The van der Waals surface area contributed by atoms with Crippen LogP contribution in [0.15, 0.2) is 0 Å². The van der Waals surface area contributed by atoms with Gasteiger partial charge in [-0.2, -0.15) is 0 Å². The predicted molar refractivity (Wildman–Crippen MR) is 45.9 cm³/mol. The summed E-state index contributed by atoms with van der Waals surface area (Å²) >= 11 is 0. The van der Waals surface area contributed by atoms with Gasteiger partial charge in [-0.15, -0.1) is 0 Å². The Hall–Kier alpha value is -0.715. The molecule has 0 aromatic carbocycles. The molecule has 0 amide bonds. The Morgan fingerprint density at radius 2 is 2.07 bits per heavy atom. The lowest BCUT2D eigenvalue weighted by Gasteiger charge is -2.30. The highest BCUT2D eigenvalue weighted by atomic mass is 19.4. The van der Waals surface area contributed by atoms with E-state index in [2.05, 4.69) is 0 Å². The number of aliphatic carboxylic acids is 1. The molecular formula is C7H12BF3NO2-. The highest BCUT2D eigenvalue weighted by Crippen LogP contribution is 2.26. The molecule has 2 unspecified atom stereocenters. The molecule has 1 saturated heterocycles. The summed E-state index contributed by atoms with van der Waals surface area (Å²) in [5.41, 5.74) is 0. The largest absolute Gasteiger partial charge is 0.492 e. The van der Waals surface area contributed by atoms with Gasteiger partial charge in [-0.25, -0.2) is 0 Å². The normalized spacial score (nSPS) is 29.4. The summed E-state index contributed by atoms with van der Waals surface area (Å²) in [6.45, 7) is -3.31. The third-order valence-corrected chi connectivity index (χ3v) is 2.53. The first-order valence-electron chi connectivity index (χ1n) is 4.51. The molecule has 3 nitrogen and oxygen atoms in total. The van der Waals surface area contributed by atoms with E-state index in [1.54, 1.807) is 6.92 Å². The quantitative estimate of drug-likeness (QED) is 0.714. The molecule has 7 heteroatoms. The van der Waals surface area contributed by atoms with Gasteiger partial charge in [0.1, 0.15) is 6.04 Å². The number of hydrogen-bond acceptors (Lipinski definition) is 2. The molecule has 0 saturated carbocycles. The highest BCUT2D eigenvalue weighted by Gasteiger charge is 2.39. The van der Waals surface area contributed by atoms with Gasteiger partial charge in [-0.05, 0) is 26.2 Å². The van der Waals surface area contributed by atoms with Gasteiger partial charge < -0.3 is 23.0 Å². The molecule has 0 spiro atoms. The van der Waals surface area contributed by atoms with Crippen LogP contribution in [0.1, 0.15) is 19.8 Å². The fourth-order valence-corrected chi connectivity index (χ4v) is 1.85. The SMILES string of the molecule is CC1CCC(C(=O)O)N1C[B-](F)(F)F. The van der Waals surface area contributed by atoms with E-state index in [0.29, 0.717) is 12.8 Å². The van der Waals surface area contributed by atoms with Crippen LogP contribution in [-0.4, -0.2) is 41.5 Å². The first-order valence-corrected chi connectivity index (χ1v) is 4.51. The van der Waals surface area contributed by atoms with Crippen LogP contribution < -0.4 is 0 Å². The molecule has 0 aromatic rings. The third-order valence-electron chi connectivity index (χ3n) is 2.53. The Kier molecular flexibility index (Phi) is 3.09. The van der Waals surface area contributed by atoms with Gasteiger partial charge in [0.25, 0.3) is 0 Å². The first-order chi connectivity index (χ1) is 6.31. The van der Waals surface area contributed by atoms with Crippen LogP contribution in [0.2, 0.25) is 0 Å². The maximum absolute atomic E-state index is 12.1. The number of carboxylic acid groups (broad SMARTS) is 1. The topological polar surface area (TPSA) is 40.5 Å². The number of carboxylic acids is 1. The summed E-state index contributed by atoms with van der Waals surface area (Å²) in [5.74, 6) is -1.16. The predicted octanol–water partition coefficient (Wildman–Crippen LogP) is 1.31. The van der Waals surface area contributed by atoms with E-state index in [1.807, 2.05) is 0 Å². The second-order valence-electron chi connectivity index (χ2n) is 3.69. The minimum atomic E-state index is -4.94. The van der Waals surface area contributed by atoms with Crippen LogP contribution in [-0.2, 0) is 4.79 Å². The number of rotatable bonds is 3. The van der Waals surface area contributed by atoms with Gasteiger partial charge in [0.15, 0.2) is 0 Å². The summed E-state index contributed by atoms with van der Waals surface area (Å²) in [4.78, 5) is 11.7. The Morgan fingerprint density at radius 3 is 2.50 bits per heavy atom. The summed E-state index contributed by atoms with van der Waals surface area (Å²) in [6, 6.07) is -1.26. The molecule has 0 radical (unpaired) electrons. The van der Waals surface area contributed by atoms with Crippen LogP contribution >= 0.6 is 0 Å². The van der Waals surface area contributed by atoms with E-state index in [0.717, 1.165) is 4.90 Å². The zero-order valence-electron chi connectivity index (χ0n) is 7.79. The van der Waals surface area contributed by atoms with Crippen LogP contribution in [0.5, 0.6) is 0 Å². The summed E-state index contributed by atoms with van der Waals surface area (Å²) in [5, 5.41) is 8.70. The fraction of sp³-hybridized carbons (Fsp3) is 0.857. The molecular weight excluding hydrogens is 198 g/mol. The Bertz CT molecular complexity index is 233. The van der Waals surface area contributed by atoms with Gasteiger partial charge in [0.2, 0.25) is 0 Å². The molecule has 2 atom stereocenters. The molecule has 82 valence electrons. The molecule has 0 bridgehead atoms.